The molecule has 8 heteroatoms. The molecule has 1 fully saturated rings. The second-order valence-corrected chi connectivity index (χ2v) is 4.49. The maximum Gasteiger partial charge on any atom is 0.394 e. The van der Waals surface area contributed by atoms with Crippen LogP contribution in [0.1, 0.15) is 5.69 Å². The van der Waals surface area contributed by atoms with Gasteiger partial charge in [0.05, 0.1) is 11.8 Å². The fourth-order valence-corrected chi connectivity index (χ4v) is 2.23. The highest BCUT2D eigenvalue weighted by Crippen LogP contribution is 2.38. The molecule has 2 atom stereocenters. The highest BCUT2D eigenvalue weighted by molar-refractivity contribution is 5.72. The van der Waals surface area contributed by atoms with Crippen LogP contribution in [0, 0.1) is 23.2 Å². The lowest BCUT2D eigenvalue weighted by atomic mass is 9.96. The first-order chi connectivity index (χ1) is 9.32. The number of carboxylic acid groups (broad SMARTS) is 1. The van der Waals surface area contributed by atoms with Crippen molar-refractivity contribution in [2.45, 2.75) is 6.18 Å². The molecule has 0 aromatic carbocycles. The van der Waals surface area contributed by atoms with E-state index in [4.69, 9.17) is 10.4 Å². The minimum absolute atomic E-state index is 0.0739. The van der Waals surface area contributed by atoms with Crippen molar-refractivity contribution >= 4 is 11.8 Å². The molecule has 0 unspecified atom stereocenters. The average molecular weight is 285 g/mol. The largest absolute Gasteiger partial charge is 0.481 e. The van der Waals surface area contributed by atoms with Gasteiger partial charge in [-0.1, -0.05) is 6.07 Å². The van der Waals surface area contributed by atoms with Crippen LogP contribution in [0.25, 0.3) is 0 Å². The summed E-state index contributed by atoms with van der Waals surface area (Å²) in [5.41, 5.74) is 0.0739. The molecule has 0 aliphatic carbocycles. The van der Waals surface area contributed by atoms with E-state index in [0.717, 1.165) is 0 Å². The topological polar surface area (TPSA) is 77.2 Å². The van der Waals surface area contributed by atoms with Crippen LogP contribution in [0.15, 0.2) is 18.2 Å². The number of carbonyl (C=O) groups is 1. The molecule has 2 heterocycles. The van der Waals surface area contributed by atoms with Crippen molar-refractivity contribution in [2.75, 3.05) is 18.0 Å². The van der Waals surface area contributed by atoms with E-state index in [0.29, 0.717) is 0 Å². The summed E-state index contributed by atoms with van der Waals surface area (Å²) in [4.78, 5) is 16.1. The summed E-state index contributed by atoms with van der Waals surface area (Å²) in [6.45, 7) is -0.746. The van der Waals surface area contributed by atoms with Crippen molar-refractivity contribution in [3.05, 3.63) is 23.9 Å². The number of pyridine rings is 1. The predicted molar refractivity (Wildman–Crippen MR) is 61.8 cm³/mol. The molecule has 0 bridgehead atoms. The Labute approximate surface area is 112 Å². The number of alkyl halides is 3. The van der Waals surface area contributed by atoms with E-state index in [2.05, 4.69) is 4.98 Å². The van der Waals surface area contributed by atoms with Crippen molar-refractivity contribution < 1.29 is 23.1 Å². The van der Waals surface area contributed by atoms with Crippen LogP contribution in [0.5, 0.6) is 0 Å². The van der Waals surface area contributed by atoms with E-state index in [1.165, 1.54) is 23.1 Å². The van der Waals surface area contributed by atoms with Gasteiger partial charge in [0.25, 0.3) is 0 Å². The Hall–Kier alpha value is -2.30. The summed E-state index contributed by atoms with van der Waals surface area (Å²) in [5, 5.41) is 17.6. The fraction of sp³-hybridized carbons (Fsp3) is 0.417. The lowest BCUT2D eigenvalue weighted by molar-refractivity contribution is -0.187. The smallest absolute Gasteiger partial charge is 0.394 e. The van der Waals surface area contributed by atoms with Gasteiger partial charge in [0, 0.05) is 13.1 Å². The highest BCUT2D eigenvalue weighted by Gasteiger charge is 2.52. The molecule has 20 heavy (non-hydrogen) atoms. The number of aromatic nitrogens is 1. The number of hydrogen-bond acceptors (Lipinski definition) is 4. The van der Waals surface area contributed by atoms with Crippen LogP contribution in [0.2, 0.25) is 0 Å². The summed E-state index contributed by atoms with van der Waals surface area (Å²) in [6, 6.07) is 6.17. The number of rotatable bonds is 2. The van der Waals surface area contributed by atoms with Gasteiger partial charge in [0.2, 0.25) is 0 Å². The number of hydrogen-bond donors (Lipinski definition) is 1. The van der Waals surface area contributed by atoms with Crippen molar-refractivity contribution in [1.29, 1.82) is 5.26 Å². The van der Waals surface area contributed by atoms with E-state index in [1.54, 1.807) is 6.07 Å². The van der Waals surface area contributed by atoms with Crippen molar-refractivity contribution in [1.82, 2.24) is 4.98 Å². The molecule has 0 saturated carbocycles. The lowest BCUT2D eigenvalue weighted by Crippen LogP contribution is -2.33. The van der Waals surface area contributed by atoms with Crippen molar-refractivity contribution in [2.24, 2.45) is 11.8 Å². The third-order valence-corrected chi connectivity index (χ3v) is 3.23. The lowest BCUT2D eigenvalue weighted by Gasteiger charge is -2.18. The number of nitrogens with zero attached hydrogens (tertiary/aromatic N) is 3. The monoisotopic (exact) mass is 285 g/mol. The first-order valence-electron chi connectivity index (χ1n) is 5.74. The fourth-order valence-electron chi connectivity index (χ4n) is 2.23. The van der Waals surface area contributed by atoms with Crippen LogP contribution in [0.4, 0.5) is 19.0 Å². The minimum atomic E-state index is -4.58. The van der Waals surface area contributed by atoms with Crippen LogP contribution >= 0.6 is 0 Å². The quantitative estimate of drug-likeness (QED) is 0.894. The molecular formula is C12H10F3N3O2. The summed E-state index contributed by atoms with van der Waals surface area (Å²) < 4.78 is 38.5. The Morgan fingerprint density at radius 2 is 2.15 bits per heavy atom. The third kappa shape index (κ3) is 2.66. The molecular weight excluding hydrogens is 275 g/mol. The molecule has 1 aromatic heterocycles. The van der Waals surface area contributed by atoms with Crippen LogP contribution in [-0.2, 0) is 4.79 Å². The zero-order valence-electron chi connectivity index (χ0n) is 10.1. The van der Waals surface area contributed by atoms with Gasteiger partial charge in [-0.05, 0) is 12.1 Å². The standard InChI is InChI=1S/C12H10F3N3O2/c13-12(14,15)9-6-18(5-8(9)11(19)20)10-3-1-2-7(4-16)17-10/h1-3,8-9H,5-6H2,(H,19,20)/t8-,9-/m1/s1. The van der Waals surface area contributed by atoms with Gasteiger partial charge in [-0.25, -0.2) is 4.98 Å². The molecule has 1 N–H and O–H groups in total. The van der Waals surface area contributed by atoms with Crippen LogP contribution < -0.4 is 4.90 Å². The predicted octanol–water partition coefficient (Wildman–Crippen LogP) is 1.65. The normalized spacial score (nSPS) is 22.6. The Kier molecular flexibility index (Phi) is 3.53. The number of halogens is 3. The number of anilines is 1. The van der Waals surface area contributed by atoms with Gasteiger partial charge in [-0.15, -0.1) is 0 Å². The Morgan fingerprint density at radius 1 is 1.45 bits per heavy atom. The van der Waals surface area contributed by atoms with Gasteiger partial charge in [0.15, 0.2) is 0 Å². The number of nitriles is 1. The van der Waals surface area contributed by atoms with E-state index < -0.39 is 30.5 Å². The maximum absolute atomic E-state index is 12.8. The Balaban J connectivity index is 2.28. The summed E-state index contributed by atoms with van der Waals surface area (Å²) in [5.74, 6) is -4.76. The van der Waals surface area contributed by atoms with Crippen LogP contribution in [-0.4, -0.2) is 35.3 Å². The third-order valence-electron chi connectivity index (χ3n) is 3.23. The first kappa shape index (κ1) is 14.1. The zero-order chi connectivity index (χ0) is 14.9. The molecule has 1 aliphatic rings. The van der Waals surface area contributed by atoms with E-state index in [-0.39, 0.29) is 18.1 Å². The molecule has 5 nitrogen and oxygen atoms in total. The maximum atomic E-state index is 12.8. The highest BCUT2D eigenvalue weighted by atomic mass is 19.4. The second-order valence-electron chi connectivity index (χ2n) is 4.49. The van der Waals surface area contributed by atoms with Gasteiger partial charge in [-0.2, -0.15) is 18.4 Å². The van der Waals surface area contributed by atoms with Gasteiger partial charge in [0.1, 0.15) is 17.6 Å². The second kappa shape index (κ2) is 5.00. The van der Waals surface area contributed by atoms with E-state index >= 15 is 0 Å². The van der Waals surface area contributed by atoms with Crippen LogP contribution in [0.3, 0.4) is 0 Å². The molecule has 2 rings (SSSR count). The van der Waals surface area contributed by atoms with Gasteiger partial charge in [-0.3, -0.25) is 4.79 Å². The molecule has 0 radical (unpaired) electrons. The molecule has 0 amide bonds. The molecule has 0 spiro atoms. The van der Waals surface area contributed by atoms with Crippen molar-refractivity contribution in [3.8, 4) is 6.07 Å². The van der Waals surface area contributed by atoms with Gasteiger partial charge < -0.3 is 10.0 Å². The summed E-state index contributed by atoms with van der Waals surface area (Å²) in [6.07, 6.45) is -4.58. The summed E-state index contributed by atoms with van der Waals surface area (Å²) >= 11 is 0. The molecule has 1 aromatic rings. The Morgan fingerprint density at radius 3 is 2.65 bits per heavy atom. The molecule has 1 aliphatic heterocycles. The molecule has 1 saturated heterocycles. The van der Waals surface area contributed by atoms with E-state index in [1.807, 2.05) is 0 Å². The minimum Gasteiger partial charge on any atom is -0.481 e. The zero-order valence-corrected chi connectivity index (χ0v) is 10.1. The summed E-state index contributed by atoms with van der Waals surface area (Å²) in [7, 11) is 0. The number of carboxylic acids is 1. The van der Waals surface area contributed by atoms with E-state index in [9.17, 15) is 18.0 Å². The molecule has 106 valence electrons. The average Bonchev–Trinajstić information content (AvgIpc) is 2.84. The van der Waals surface area contributed by atoms with Gasteiger partial charge >= 0.3 is 12.1 Å². The first-order valence-corrected chi connectivity index (χ1v) is 5.74. The van der Waals surface area contributed by atoms with Crippen molar-refractivity contribution in [3.63, 3.8) is 0 Å². The number of aliphatic carboxylic acids is 1. The SMILES string of the molecule is N#Cc1cccc(N2C[C@@H](C(F)(F)F)[C@H](C(=O)O)C2)n1. The Bertz CT molecular complexity index is 568.